The zero-order chi connectivity index (χ0) is 10.1. The van der Waals surface area contributed by atoms with Gasteiger partial charge in [-0.05, 0) is 18.4 Å². The summed E-state index contributed by atoms with van der Waals surface area (Å²) >= 11 is 2.97. The molecule has 0 aliphatic rings. The molecule has 0 unspecified atom stereocenters. The van der Waals surface area contributed by atoms with Crippen molar-refractivity contribution in [2.24, 2.45) is 0 Å². The number of fused-ring (bicyclic) bond motifs is 1. The highest BCUT2D eigenvalue weighted by Crippen LogP contribution is 2.33. The van der Waals surface area contributed by atoms with Crippen molar-refractivity contribution < 1.29 is 9.18 Å². The summed E-state index contributed by atoms with van der Waals surface area (Å²) in [6, 6.07) is 2.91. The molecule has 0 atom stereocenters. The first-order valence-electron chi connectivity index (χ1n) is 3.96. The van der Waals surface area contributed by atoms with Crippen LogP contribution in [0.5, 0.6) is 0 Å². The van der Waals surface area contributed by atoms with Gasteiger partial charge in [0.2, 0.25) is 0 Å². The third-order valence-electron chi connectivity index (χ3n) is 1.98. The van der Waals surface area contributed by atoms with E-state index in [1.54, 1.807) is 5.38 Å². The highest BCUT2D eigenvalue weighted by atomic mass is 32.2. The van der Waals surface area contributed by atoms with Gasteiger partial charge >= 0.3 is 0 Å². The van der Waals surface area contributed by atoms with Gasteiger partial charge in [-0.2, -0.15) is 0 Å². The molecule has 0 fully saturated rings. The van der Waals surface area contributed by atoms with E-state index in [9.17, 15) is 9.18 Å². The summed E-state index contributed by atoms with van der Waals surface area (Å²) < 4.78 is 14.1. The maximum atomic E-state index is 13.2. The standard InChI is InChI=1S/C10H7FOS2/c1-13-9-3-7(11)2-8-6(4-12)5-14-10(8)9/h2-5H,1H3. The Morgan fingerprint density at radius 1 is 1.50 bits per heavy atom. The SMILES string of the molecule is CSc1cc(F)cc2c(C=O)csc12. The maximum Gasteiger partial charge on any atom is 0.151 e. The van der Waals surface area contributed by atoms with Crippen LogP contribution in [0.4, 0.5) is 4.39 Å². The first kappa shape index (κ1) is 9.68. The Balaban J connectivity index is 2.83. The maximum absolute atomic E-state index is 13.2. The lowest BCUT2D eigenvalue weighted by molar-refractivity contribution is 0.112. The van der Waals surface area contributed by atoms with Crippen molar-refractivity contribution >= 4 is 39.5 Å². The zero-order valence-electron chi connectivity index (χ0n) is 7.41. The molecule has 0 spiro atoms. The molecule has 0 saturated heterocycles. The molecule has 2 rings (SSSR count). The fourth-order valence-corrected chi connectivity index (χ4v) is 3.16. The average Bonchev–Trinajstić information content (AvgIpc) is 2.59. The molecule has 2 aromatic rings. The first-order valence-corrected chi connectivity index (χ1v) is 6.06. The summed E-state index contributed by atoms with van der Waals surface area (Å²) in [5.74, 6) is -0.289. The van der Waals surface area contributed by atoms with Crippen LogP contribution in [-0.2, 0) is 0 Å². The van der Waals surface area contributed by atoms with Crippen LogP contribution >= 0.6 is 23.1 Å². The highest BCUT2D eigenvalue weighted by Gasteiger charge is 2.09. The molecule has 1 aromatic carbocycles. The van der Waals surface area contributed by atoms with E-state index >= 15 is 0 Å². The van der Waals surface area contributed by atoms with Crippen molar-refractivity contribution in [2.75, 3.05) is 6.26 Å². The second-order valence-corrected chi connectivity index (χ2v) is 4.52. The summed E-state index contributed by atoms with van der Waals surface area (Å²) in [5.41, 5.74) is 0.569. The van der Waals surface area contributed by atoms with Crippen LogP contribution in [-0.4, -0.2) is 12.5 Å². The van der Waals surface area contributed by atoms with E-state index in [-0.39, 0.29) is 5.82 Å². The van der Waals surface area contributed by atoms with Gasteiger partial charge in [0.05, 0.1) is 0 Å². The van der Waals surface area contributed by atoms with Gasteiger partial charge in [0.25, 0.3) is 0 Å². The minimum atomic E-state index is -0.289. The molecule has 0 radical (unpaired) electrons. The van der Waals surface area contributed by atoms with Crippen LogP contribution in [0.3, 0.4) is 0 Å². The smallest absolute Gasteiger partial charge is 0.151 e. The lowest BCUT2D eigenvalue weighted by Gasteiger charge is -1.99. The first-order chi connectivity index (χ1) is 6.76. The number of carbonyl (C=O) groups is 1. The molecular formula is C10H7FOS2. The summed E-state index contributed by atoms with van der Waals surface area (Å²) in [6.45, 7) is 0. The molecule has 0 aliphatic carbocycles. The van der Waals surface area contributed by atoms with Gasteiger partial charge in [0, 0.05) is 25.9 Å². The van der Waals surface area contributed by atoms with Crippen molar-refractivity contribution in [1.82, 2.24) is 0 Å². The molecule has 1 heterocycles. The van der Waals surface area contributed by atoms with Gasteiger partial charge in [-0.25, -0.2) is 4.39 Å². The summed E-state index contributed by atoms with van der Waals surface area (Å²) in [5, 5.41) is 2.48. The Labute approximate surface area is 88.9 Å². The highest BCUT2D eigenvalue weighted by molar-refractivity contribution is 7.99. The van der Waals surface area contributed by atoms with Gasteiger partial charge in [-0.3, -0.25) is 4.79 Å². The van der Waals surface area contributed by atoms with Gasteiger partial charge in [0.15, 0.2) is 6.29 Å². The number of rotatable bonds is 2. The van der Waals surface area contributed by atoms with E-state index in [1.807, 2.05) is 6.26 Å². The van der Waals surface area contributed by atoms with Crippen LogP contribution in [0.1, 0.15) is 10.4 Å². The molecule has 0 saturated carbocycles. The van der Waals surface area contributed by atoms with Gasteiger partial charge in [-0.1, -0.05) is 0 Å². The second-order valence-electron chi connectivity index (χ2n) is 2.79. The fraction of sp³-hybridized carbons (Fsp3) is 0.100. The van der Waals surface area contributed by atoms with E-state index in [2.05, 4.69) is 0 Å². The average molecular weight is 226 g/mol. The summed E-state index contributed by atoms with van der Waals surface area (Å²) in [4.78, 5) is 11.6. The van der Waals surface area contributed by atoms with E-state index in [4.69, 9.17) is 0 Å². The van der Waals surface area contributed by atoms with Crippen molar-refractivity contribution in [3.05, 3.63) is 28.9 Å². The number of halogens is 1. The Kier molecular flexibility index (Phi) is 2.56. The Bertz CT molecular complexity index is 490. The number of hydrogen-bond donors (Lipinski definition) is 0. The van der Waals surface area contributed by atoms with Crippen LogP contribution in [0.25, 0.3) is 10.1 Å². The quantitative estimate of drug-likeness (QED) is 0.575. The largest absolute Gasteiger partial charge is 0.298 e. The van der Waals surface area contributed by atoms with Crippen molar-refractivity contribution in [1.29, 1.82) is 0 Å². The third kappa shape index (κ3) is 1.44. The molecule has 0 bridgehead atoms. The number of benzene rings is 1. The number of thiophene rings is 1. The van der Waals surface area contributed by atoms with E-state index in [0.29, 0.717) is 10.9 Å². The lowest BCUT2D eigenvalue weighted by atomic mass is 10.2. The van der Waals surface area contributed by atoms with Gasteiger partial charge < -0.3 is 0 Å². The Morgan fingerprint density at radius 3 is 2.93 bits per heavy atom. The lowest BCUT2D eigenvalue weighted by Crippen LogP contribution is -1.80. The molecule has 0 aliphatic heterocycles. The van der Waals surface area contributed by atoms with Crippen molar-refractivity contribution in [2.45, 2.75) is 4.90 Å². The van der Waals surface area contributed by atoms with E-state index in [0.717, 1.165) is 15.9 Å². The molecular weight excluding hydrogens is 219 g/mol. The Morgan fingerprint density at radius 2 is 2.29 bits per heavy atom. The van der Waals surface area contributed by atoms with Crippen LogP contribution in [0.15, 0.2) is 22.4 Å². The minimum Gasteiger partial charge on any atom is -0.298 e. The molecule has 14 heavy (non-hydrogen) atoms. The topological polar surface area (TPSA) is 17.1 Å². The van der Waals surface area contributed by atoms with Crippen LogP contribution in [0.2, 0.25) is 0 Å². The molecule has 1 aromatic heterocycles. The predicted octanol–water partition coefficient (Wildman–Crippen LogP) is 3.57. The minimum absolute atomic E-state index is 0.289. The number of aldehydes is 1. The monoisotopic (exact) mass is 226 g/mol. The number of hydrogen-bond acceptors (Lipinski definition) is 3. The molecule has 1 nitrogen and oxygen atoms in total. The van der Waals surface area contributed by atoms with Gasteiger partial charge in [0.1, 0.15) is 5.82 Å². The number of carbonyl (C=O) groups excluding carboxylic acids is 1. The molecule has 72 valence electrons. The number of thioether (sulfide) groups is 1. The summed E-state index contributed by atoms with van der Waals surface area (Å²) in [7, 11) is 0. The second kappa shape index (κ2) is 3.71. The van der Waals surface area contributed by atoms with Crippen molar-refractivity contribution in [3.63, 3.8) is 0 Å². The normalized spacial score (nSPS) is 10.7. The van der Waals surface area contributed by atoms with Crippen LogP contribution in [0, 0.1) is 5.82 Å². The molecule has 4 heteroatoms. The van der Waals surface area contributed by atoms with Crippen molar-refractivity contribution in [3.8, 4) is 0 Å². The predicted molar refractivity (Wildman–Crippen MR) is 59.0 cm³/mol. The molecule has 0 amide bonds. The van der Waals surface area contributed by atoms with Gasteiger partial charge in [-0.15, -0.1) is 23.1 Å². The fourth-order valence-electron chi connectivity index (χ4n) is 1.33. The Hall–Kier alpha value is -0.870. The third-order valence-corrected chi connectivity index (χ3v) is 3.92. The van der Waals surface area contributed by atoms with E-state index in [1.165, 1.54) is 35.2 Å². The molecule has 0 N–H and O–H groups in total. The zero-order valence-corrected chi connectivity index (χ0v) is 9.05. The van der Waals surface area contributed by atoms with E-state index < -0.39 is 0 Å². The summed E-state index contributed by atoms with van der Waals surface area (Å²) in [6.07, 6.45) is 2.66. The van der Waals surface area contributed by atoms with Crippen LogP contribution < -0.4 is 0 Å².